The van der Waals surface area contributed by atoms with E-state index in [9.17, 15) is 4.79 Å². The summed E-state index contributed by atoms with van der Waals surface area (Å²) in [5, 5.41) is 17.1. The summed E-state index contributed by atoms with van der Waals surface area (Å²) in [5.41, 5.74) is 0. The van der Waals surface area contributed by atoms with E-state index in [4.69, 9.17) is 10.4 Å². The lowest BCUT2D eigenvalue weighted by Gasteiger charge is -2.06. The predicted molar refractivity (Wildman–Crippen MR) is 43.5 cm³/mol. The fraction of sp³-hybridized carbons (Fsp3) is 0.875. The molecule has 0 heterocycles. The van der Waals surface area contributed by atoms with Crippen molar-refractivity contribution in [3.05, 3.63) is 0 Å². The summed E-state index contributed by atoms with van der Waals surface area (Å²) < 4.78 is 0. The van der Waals surface area contributed by atoms with Crippen LogP contribution in [-0.4, -0.2) is 22.4 Å². The summed E-state index contributed by atoms with van der Waals surface area (Å²) in [6, 6.07) is 0. The van der Waals surface area contributed by atoms with Crippen LogP contribution in [0, 0.1) is 0 Å². The van der Waals surface area contributed by atoms with Crippen LogP contribution < -0.4 is 0 Å². The molecule has 0 aliphatic rings. The predicted octanol–water partition coefficient (Wildman–Crippen LogP) is 1.33. The summed E-state index contributed by atoms with van der Waals surface area (Å²) in [6.45, 7) is 2.06. The standard InChI is InChI=1S/C8H16O4/c1-2-3-4-5-7(9)6-8(10)12-11/h7,9,11H,2-6H2,1H3. The van der Waals surface area contributed by atoms with Crippen molar-refractivity contribution in [2.75, 3.05) is 0 Å². The van der Waals surface area contributed by atoms with E-state index in [1.807, 2.05) is 0 Å². The first-order valence-corrected chi connectivity index (χ1v) is 4.23. The largest absolute Gasteiger partial charge is 0.393 e. The lowest BCUT2D eigenvalue weighted by molar-refractivity contribution is -0.236. The van der Waals surface area contributed by atoms with Crippen molar-refractivity contribution < 1.29 is 20.0 Å². The molecule has 0 saturated carbocycles. The Labute approximate surface area is 72.1 Å². The average Bonchev–Trinajstić information content (AvgIpc) is 2.05. The number of hydrogen-bond donors (Lipinski definition) is 2. The van der Waals surface area contributed by atoms with Gasteiger partial charge in [0.05, 0.1) is 12.5 Å². The van der Waals surface area contributed by atoms with Gasteiger partial charge in [0.2, 0.25) is 0 Å². The van der Waals surface area contributed by atoms with Gasteiger partial charge in [-0.1, -0.05) is 26.2 Å². The van der Waals surface area contributed by atoms with E-state index in [-0.39, 0.29) is 6.42 Å². The molecule has 0 spiro atoms. The van der Waals surface area contributed by atoms with Crippen LogP contribution >= 0.6 is 0 Å². The molecule has 0 aromatic rings. The molecule has 0 amide bonds. The van der Waals surface area contributed by atoms with E-state index in [2.05, 4.69) is 11.8 Å². The molecule has 4 heteroatoms. The maximum absolute atomic E-state index is 10.4. The van der Waals surface area contributed by atoms with Gasteiger partial charge in [0.1, 0.15) is 0 Å². The Morgan fingerprint density at radius 3 is 2.67 bits per heavy atom. The molecule has 0 aliphatic heterocycles. The molecule has 0 aromatic carbocycles. The first kappa shape index (κ1) is 11.4. The molecular weight excluding hydrogens is 160 g/mol. The molecule has 0 aliphatic carbocycles. The van der Waals surface area contributed by atoms with Crippen LogP contribution in [0.15, 0.2) is 0 Å². The molecule has 0 aromatic heterocycles. The van der Waals surface area contributed by atoms with Crippen LogP contribution in [0.25, 0.3) is 0 Å². The third kappa shape index (κ3) is 6.12. The normalized spacial score (nSPS) is 12.6. The fourth-order valence-electron chi connectivity index (χ4n) is 0.962. The van der Waals surface area contributed by atoms with Gasteiger partial charge in [-0.2, -0.15) is 5.26 Å². The number of carbonyl (C=O) groups excluding carboxylic acids is 1. The molecular formula is C8H16O4. The number of rotatable bonds is 6. The van der Waals surface area contributed by atoms with Crippen molar-refractivity contribution in [2.24, 2.45) is 0 Å². The zero-order valence-electron chi connectivity index (χ0n) is 7.32. The first-order valence-electron chi connectivity index (χ1n) is 4.23. The summed E-state index contributed by atoms with van der Waals surface area (Å²) in [7, 11) is 0. The van der Waals surface area contributed by atoms with Gasteiger partial charge >= 0.3 is 5.97 Å². The molecule has 0 bridgehead atoms. The molecule has 12 heavy (non-hydrogen) atoms. The Hall–Kier alpha value is -0.610. The molecule has 1 unspecified atom stereocenters. The second-order valence-electron chi connectivity index (χ2n) is 2.82. The summed E-state index contributed by atoms with van der Waals surface area (Å²) in [6.07, 6.45) is 2.80. The molecule has 72 valence electrons. The second-order valence-corrected chi connectivity index (χ2v) is 2.82. The molecule has 0 fully saturated rings. The van der Waals surface area contributed by atoms with Crippen molar-refractivity contribution in [3.63, 3.8) is 0 Å². The quantitative estimate of drug-likeness (QED) is 0.364. The summed E-state index contributed by atoms with van der Waals surface area (Å²) in [4.78, 5) is 13.9. The van der Waals surface area contributed by atoms with Crippen LogP contribution in [0.5, 0.6) is 0 Å². The number of aliphatic hydroxyl groups excluding tert-OH is 1. The number of aliphatic hydroxyl groups is 1. The Kier molecular flexibility index (Phi) is 6.70. The van der Waals surface area contributed by atoms with E-state index >= 15 is 0 Å². The smallest absolute Gasteiger partial charge is 0.344 e. The van der Waals surface area contributed by atoms with Gasteiger partial charge in [-0.15, -0.1) is 0 Å². The van der Waals surface area contributed by atoms with Crippen LogP contribution in [-0.2, 0) is 9.68 Å². The van der Waals surface area contributed by atoms with Crippen molar-refractivity contribution in [1.82, 2.24) is 0 Å². The second kappa shape index (κ2) is 7.06. The third-order valence-corrected chi connectivity index (χ3v) is 1.65. The highest BCUT2D eigenvalue weighted by Crippen LogP contribution is 2.06. The van der Waals surface area contributed by atoms with Gasteiger partial charge in [0.25, 0.3) is 0 Å². The van der Waals surface area contributed by atoms with Crippen molar-refractivity contribution in [1.29, 1.82) is 0 Å². The molecule has 0 radical (unpaired) electrons. The number of hydrogen-bond acceptors (Lipinski definition) is 4. The van der Waals surface area contributed by atoms with Crippen LogP contribution in [0.4, 0.5) is 0 Å². The zero-order valence-corrected chi connectivity index (χ0v) is 7.32. The van der Waals surface area contributed by atoms with Crippen molar-refractivity contribution >= 4 is 5.97 Å². The maximum atomic E-state index is 10.4. The zero-order chi connectivity index (χ0) is 9.40. The van der Waals surface area contributed by atoms with Crippen molar-refractivity contribution in [3.8, 4) is 0 Å². The minimum Gasteiger partial charge on any atom is -0.393 e. The topological polar surface area (TPSA) is 66.8 Å². The number of unbranched alkanes of at least 4 members (excludes halogenated alkanes) is 2. The third-order valence-electron chi connectivity index (χ3n) is 1.65. The van der Waals surface area contributed by atoms with Gasteiger partial charge in [-0.25, -0.2) is 4.79 Å². The highest BCUT2D eigenvalue weighted by Gasteiger charge is 2.10. The van der Waals surface area contributed by atoms with Gasteiger partial charge in [0, 0.05) is 0 Å². The van der Waals surface area contributed by atoms with E-state index in [0.29, 0.717) is 6.42 Å². The maximum Gasteiger partial charge on any atom is 0.344 e. The summed E-state index contributed by atoms with van der Waals surface area (Å²) in [5.74, 6) is -0.779. The average molecular weight is 176 g/mol. The SMILES string of the molecule is CCCCCC(O)CC(=O)OO. The monoisotopic (exact) mass is 176 g/mol. The lowest BCUT2D eigenvalue weighted by atomic mass is 10.1. The Morgan fingerprint density at radius 2 is 2.17 bits per heavy atom. The molecule has 1 atom stereocenters. The molecule has 0 saturated heterocycles. The molecule has 0 rings (SSSR count). The van der Waals surface area contributed by atoms with E-state index in [1.165, 1.54) is 0 Å². The first-order chi connectivity index (χ1) is 5.70. The summed E-state index contributed by atoms with van der Waals surface area (Å²) >= 11 is 0. The van der Waals surface area contributed by atoms with E-state index in [1.54, 1.807) is 0 Å². The van der Waals surface area contributed by atoms with E-state index < -0.39 is 12.1 Å². The Bertz CT molecular complexity index is 124. The van der Waals surface area contributed by atoms with Gasteiger partial charge in [-0.3, -0.25) is 0 Å². The minimum absolute atomic E-state index is 0.125. The molecule has 2 N–H and O–H groups in total. The highest BCUT2D eigenvalue weighted by molar-refractivity contribution is 5.69. The molecule has 4 nitrogen and oxygen atoms in total. The van der Waals surface area contributed by atoms with Gasteiger partial charge in [0.15, 0.2) is 0 Å². The number of carbonyl (C=O) groups is 1. The minimum atomic E-state index is -0.779. The van der Waals surface area contributed by atoms with E-state index in [0.717, 1.165) is 19.3 Å². The van der Waals surface area contributed by atoms with Gasteiger partial charge < -0.3 is 9.99 Å². The highest BCUT2D eigenvalue weighted by atomic mass is 17.1. The van der Waals surface area contributed by atoms with Crippen LogP contribution in [0.1, 0.15) is 39.0 Å². The van der Waals surface area contributed by atoms with Gasteiger partial charge in [-0.05, 0) is 6.42 Å². The lowest BCUT2D eigenvalue weighted by Crippen LogP contribution is -2.14. The van der Waals surface area contributed by atoms with Crippen LogP contribution in [0.3, 0.4) is 0 Å². The van der Waals surface area contributed by atoms with Crippen molar-refractivity contribution in [2.45, 2.75) is 45.1 Å². The van der Waals surface area contributed by atoms with Crippen LogP contribution in [0.2, 0.25) is 0 Å². The Balaban J connectivity index is 3.32. The Morgan fingerprint density at radius 1 is 1.50 bits per heavy atom. The fourth-order valence-corrected chi connectivity index (χ4v) is 0.962.